The van der Waals surface area contributed by atoms with Crippen LogP contribution in [0.4, 0.5) is 18.9 Å². The van der Waals surface area contributed by atoms with Crippen molar-refractivity contribution in [1.82, 2.24) is 14.8 Å². The molecule has 1 saturated heterocycles. The van der Waals surface area contributed by atoms with Gasteiger partial charge in [0, 0.05) is 67.5 Å². The molecule has 0 aliphatic carbocycles. The first-order valence-electron chi connectivity index (χ1n) is 16.4. The molecule has 2 atom stereocenters. The standard InChI is InChI=1S/C40H37F3N4O2S/c1-29-26-45(35-20-24-50-28-35)22-23-46(29)39(49)37(25-31-7-3-2-4-8-31)47(27-32-10-15-33(16-11-32)36-9-5-6-21-44-36)38(48)19-14-30-12-17-34(18-13-30)40(41,42)43/h2-21,24,28-29,37H,22-23,25-27H2,1H3/t29?,37-/m0/s1. The molecule has 6 nitrogen and oxygen atoms in total. The lowest BCUT2D eigenvalue weighted by Gasteiger charge is -2.43. The summed E-state index contributed by atoms with van der Waals surface area (Å²) >= 11 is 1.63. The van der Waals surface area contributed by atoms with Gasteiger partial charge in [0.25, 0.3) is 0 Å². The van der Waals surface area contributed by atoms with Crippen molar-refractivity contribution in [2.75, 3.05) is 24.5 Å². The third-order valence-electron chi connectivity index (χ3n) is 8.92. The van der Waals surface area contributed by atoms with Crippen LogP contribution >= 0.6 is 11.3 Å². The highest BCUT2D eigenvalue weighted by atomic mass is 32.1. The Morgan fingerprint density at radius 2 is 1.66 bits per heavy atom. The van der Waals surface area contributed by atoms with Gasteiger partial charge in [-0.25, -0.2) is 0 Å². The largest absolute Gasteiger partial charge is 0.416 e. The van der Waals surface area contributed by atoms with Crippen LogP contribution in [0.15, 0.2) is 126 Å². The fourth-order valence-corrected chi connectivity index (χ4v) is 6.88. The van der Waals surface area contributed by atoms with Crippen LogP contribution in [0.3, 0.4) is 0 Å². The van der Waals surface area contributed by atoms with Crippen molar-refractivity contribution in [1.29, 1.82) is 0 Å². The summed E-state index contributed by atoms with van der Waals surface area (Å²) in [5.74, 6) is -0.565. The molecular weight excluding hydrogens is 658 g/mol. The molecule has 50 heavy (non-hydrogen) atoms. The lowest BCUT2D eigenvalue weighted by molar-refractivity contribution is -0.146. The van der Waals surface area contributed by atoms with Gasteiger partial charge in [-0.15, -0.1) is 0 Å². The average Bonchev–Trinajstić information content (AvgIpc) is 3.68. The lowest BCUT2D eigenvalue weighted by Crippen LogP contribution is -2.59. The molecule has 0 radical (unpaired) electrons. The van der Waals surface area contributed by atoms with E-state index in [1.807, 2.05) is 90.0 Å². The van der Waals surface area contributed by atoms with Gasteiger partial charge in [0.2, 0.25) is 11.8 Å². The van der Waals surface area contributed by atoms with E-state index in [2.05, 4.69) is 21.3 Å². The lowest BCUT2D eigenvalue weighted by atomic mass is 10.00. The molecule has 0 bridgehead atoms. The molecule has 0 spiro atoms. The average molecular weight is 695 g/mol. The van der Waals surface area contributed by atoms with Crippen molar-refractivity contribution in [3.63, 3.8) is 0 Å². The zero-order valence-corrected chi connectivity index (χ0v) is 28.4. The number of carbonyl (C=O) groups excluding carboxylic acids is 2. The first-order valence-corrected chi connectivity index (χ1v) is 17.4. The number of amides is 2. The normalized spacial score (nSPS) is 15.6. The van der Waals surface area contributed by atoms with Crippen LogP contribution in [0, 0.1) is 0 Å². The van der Waals surface area contributed by atoms with E-state index in [9.17, 15) is 22.8 Å². The van der Waals surface area contributed by atoms with Crippen molar-refractivity contribution >= 4 is 34.9 Å². The van der Waals surface area contributed by atoms with Gasteiger partial charge < -0.3 is 14.7 Å². The Morgan fingerprint density at radius 3 is 2.30 bits per heavy atom. The van der Waals surface area contributed by atoms with Crippen LogP contribution < -0.4 is 4.90 Å². The van der Waals surface area contributed by atoms with Gasteiger partial charge in [0.15, 0.2) is 0 Å². The van der Waals surface area contributed by atoms with E-state index in [1.54, 1.807) is 22.4 Å². The minimum atomic E-state index is -4.46. The molecule has 0 N–H and O–H groups in total. The zero-order valence-electron chi connectivity index (χ0n) is 27.5. The molecule has 1 unspecified atom stereocenters. The minimum Gasteiger partial charge on any atom is -0.367 e. The number of anilines is 1. The van der Waals surface area contributed by atoms with Crippen LogP contribution in [0.2, 0.25) is 0 Å². The van der Waals surface area contributed by atoms with Gasteiger partial charge in [-0.1, -0.05) is 72.8 Å². The first kappa shape index (κ1) is 34.6. The summed E-state index contributed by atoms with van der Waals surface area (Å²) in [6.07, 6.45) is 0.398. The molecular formula is C40H37F3N4O2S. The summed E-state index contributed by atoms with van der Waals surface area (Å²) in [6.45, 7) is 4.01. The zero-order chi connectivity index (χ0) is 35.1. The van der Waals surface area contributed by atoms with E-state index in [0.717, 1.165) is 40.2 Å². The number of benzene rings is 3. The Morgan fingerprint density at radius 1 is 0.920 bits per heavy atom. The third kappa shape index (κ3) is 8.49. The Bertz CT molecular complexity index is 1880. The summed E-state index contributed by atoms with van der Waals surface area (Å²) in [7, 11) is 0. The van der Waals surface area contributed by atoms with Gasteiger partial charge in [-0.2, -0.15) is 24.5 Å². The number of carbonyl (C=O) groups is 2. The van der Waals surface area contributed by atoms with Crippen molar-refractivity contribution < 1.29 is 22.8 Å². The number of alkyl halides is 3. The maximum Gasteiger partial charge on any atom is 0.416 e. The Kier molecular flexibility index (Phi) is 10.8. The maximum absolute atomic E-state index is 14.7. The van der Waals surface area contributed by atoms with Gasteiger partial charge >= 0.3 is 6.18 Å². The molecule has 2 aromatic heterocycles. The molecule has 0 saturated carbocycles. The fourth-order valence-electron chi connectivity index (χ4n) is 6.22. The van der Waals surface area contributed by atoms with Gasteiger partial charge in [0.1, 0.15) is 6.04 Å². The number of piperazine rings is 1. The smallest absolute Gasteiger partial charge is 0.367 e. The SMILES string of the molecule is CC1CN(c2ccsc2)CCN1C(=O)[C@H](Cc1ccccc1)N(Cc1ccc(-c2ccccn2)cc1)C(=O)C=Cc1ccc(C(F)(F)F)cc1. The summed E-state index contributed by atoms with van der Waals surface area (Å²) in [5, 5.41) is 4.14. The molecule has 2 amide bonds. The molecule has 1 fully saturated rings. The second-order valence-corrected chi connectivity index (χ2v) is 13.1. The van der Waals surface area contributed by atoms with E-state index >= 15 is 0 Å². The first-order chi connectivity index (χ1) is 24.2. The predicted octanol–water partition coefficient (Wildman–Crippen LogP) is 8.22. The fraction of sp³-hybridized carbons (Fsp3) is 0.225. The highest BCUT2D eigenvalue weighted by Gasteiger charge is 2.37. The van der Waals surface area contributed by atoms with Crippen LogP contribution in [-0.2, 0) is 28.7 Å². The number of pyridine rings is 1. The number of rotatable bonds is 10. The van der Waals surface area contributed by atoms with Crippen LogP contribution in [0.25, 0.3) is 17.3 Å². The number of hydrogen-bond acceptors (Lipinski definition) is 5. The second kappa shape index (κ2) is 15.6. The summed E-state index contributed by atoms with van der Waals surface area (Å²) in [6, 6.07) is 28.8. The third-order valence-corrected chi connectivity index (χ3v) is 9.59. The van der Waals surface area contributed by atoms with E-state index < -0.39 is 23.7 Å². The molecule has 1 aliphatic heterocycles. The molecule has 3 heterocycles. The molecule has 3 aromatic carbocycles. The van der Waals surface area contributed by atoms with E-state index in [0.29, 0.717) is 31.6 Å². The Labute approximate surface area is 294 Å². The van der Waals surface area contributed by atoms with Crippen molar-refractivity contribution in [3.05, 3.63) is 148 Å². The monoisotopic (exact) mass is 694 g/mol. The summed E-state index contributed by atoms with van der Waals surface area (Å²) in [5.41, 5.74) is 4.28. The predicted molar refractivity (Wildman–Crippen MR) is 192 cm³/mol. The van der Waals surface area contributed by atoms with Crippen LogP contribution in [-0.4, -0.2) is 58.3 Å². The second-order valence-electron chi connectivity index (χ2n) is 12.3. The number of halogens is 3. The van der Waals surface area contributed by atoms with Crippen LogP contribution in [0.5, 0.6) is 0 Å². The molecule has 1 aliphatic rings. The van der Waals surface area contributed by atoms with Crippen molar-refractivity contribution in [2.45, 2.75) is 38.1 Å². The van der Waals surface area contributed by atoms with Crippen molar-refractivity contribution in [2.24, 2.45) is 0 Å². The summed E-state index contributed by atoms with van der Waals surface area (Å²) < 4.78 is 39.5. The number of aromatic nitrogens is 1. The molecule has 256 valence electrons. The van der Waals surface area contributed by atoms with Crippen LogP contribution in [0.1, 0.15) is 29.2 Å². The van der Waals surface area contributed by atoms with E-state index in [4.69, 9.17) is 0 Å². The quantitative estimate of drug-likeness (QED) is 0.138. The molecule has 5 aromatic rings. The summed E-state index contributed by atoms with van der Waals surface area (Å²) in [4.78, 5) is 39.0. The van der Waals surface area contributed by atoms with Gasteiger partial charge in [-0.3, -0.25) is 14.6 Å². The number of thiophene rings is 1. The topological polar surface area (TPSA) is 56.8 Å². The highest BCUT2D eigenvalue weighted by Crippen LogP contribution is 2.30. The number of hydrogen-bond donors (Lipinski definition) is 0. The minimum absolute atomic E-state index is 0.105. The number of nitrogens with zero attached hydrogens (tertiary/aromatic N) is 4. The Balaban J connectivity index is 1.32. The highest BCUT2D eigenvalue weighted by molar-refractivity contribution is 7.08. The van der Waals surface area contributed by atoms with Gasteiger partial charge in [-0.05, 0) is 65.4 Å². The van der Waals surface area contributed by atoms with E-state index in [-0.39, 0.29) is 18.5 Å². The van der Waals surface area contributed by atoms with Gasteiger partial charge in [0.05, 0.1) is 11.3 Å². The molecule has 6 rings (SSSR count). The Hall–Kier alpha value is -5.22. The van der Waals surface area contributed by atoms with Crippen molar-refractivity contribution in [3.8, 4) is 11.3 Å². The molecule has 10 heteroatoms. The van der Waals surface area contributed by atoms with E-state index in [1.165, 1.54) is 24.3 Å². The maximum atomic E-state index is 14.7.